The van der Waals surface area contributed by atoms with Crippen LogP contribution in [0.25, 0.3) is 0 Å². The lowest BCUT2D eigenvalue weighted by atomic mass is 10.1. The fourth-order valence-corrected chi connectivity index (χ4v) is 4.67. The van der Waals surface area contributed by atoms with Crippen molar-refractivity contribution in [1.82, 2.24) is 9.73 Å². The Labute approximate surface area is 170 Å². The first-order valence-corrected chi connectivity index (χ1v) is 11.0. The minimum Gasteiger partial charge on any atom is -0.267 e. The smallest absolute Gasteiger partial charge is 0.267 e. The molecular weight excluding hydrogens is 398 g/mol. The van der Waals surface area contributed by atoms with Crippen molar-refractivity contribution in [3.8, 4) is 0 Å². The van der Waals surface area contributed by atoms with Crippen LogP contribution in [0.5, 0.6) is 0 Å². The SMILES string of the molecule is CC/C(=N/NC(=O)c1ccc(S(=O)(=O)N2CCCC2)cc1)c1ccc(Cl)cc1. The first-order chi connectivity index (χ1) is 13.4. The highest BCUT2D eigenvalue weighted by molar-refractivity contribution is 7.89. The molecule has 1 aliphatic heterocycles. The van der Waals surface area contributed by atoms with Crippen LogP contribution in [0.1, 0.15) is 42.1 Å². The van der Waals surface area contributed by atoms with E-state index in [9.17, 15) is 13.2 Å². The van der Waals surface area contributed by atoms with E-state index in [0.717, 1.165) is 24.1 Å². The van der Waals surface area contributed by atoms with E-state index < -0.39 is 15.9 Å². The van der Waals surface area contributed by atoms with Crippen LogP contribution < -0.4 is 5.43 Å². The second kappa shape index (κ2) is 8.86. The standard InChI is InChI=1S/C20H22ClN3O3S/c1-2-19(15-5-9-17(21)10-6-15)22-23-20(25)16-7-11-18(12-8-16)28(26,27)24-13-3-4-14-24/h5-12H,2-4,13-14H2,1H3,(H,23,25)/b22-19-. The molecule has 1 aliphatic rings. The van der Waals surface area contributed by atoms with Gasteiger partial charge in [0, 0.05) is 23.7 Å². The molecule has 0 aliphatic carbocycles. The Morgan fingerprint density at radius 3 is 2.18 bits per heavy atom. The van der Waals surface area contributed by atoms with Gasteiger partial charge in [0.2, 0.25) is 10.0 Å². The summed E-state index contributed by atoms with van der Waals surface area (Å²) in [6.45, 7) is 3.03. The molecule has 1 saturated heterocycles. The van der Waals surface area contributed by atoms with Gasteiger partial charge < -0.3 is 0 Å². The summed E-state index contributed by atoms with van der Waals surface area (Å²) in [7, 11) is -3.49. The molecule has 6 nitrogen and oxygen atoms in total. The van der Waals surface area contributed by atoms with Gasteiger partial charge in [-0.2, -0.15) is 9.41 Å². The molecule has 2 aromatic carbocycles. The number of benzene rings is 2. The van der Waals surface area contributed by atoms with Gasteiger partial charge in [0.1, 0.15) is 0 Å². The third-order valence-electron chi connectivity index (χ3n) is 4.62. The van der Waals surface area contributed by atoms with Crippen molar-refractivity contribution < 1.29 is 13.2 Å². The molecule has 0 spiro atoms. The van der Waals surface area contributed by atoms with Gasteiger partial charge in [0.15, 0.2) is 0 Å². The molecule has 0 bridgehead atoms. The van der Waals surface area contributed by atoms with Crippen LogP contribution in [0, 0.1) is 0 Å². The molecule has 1 fully saturated rings. The predicted molar refractivity (Wildman–Crippen MR) is 110 cm³/mol. The number of nitrogens with zero attached hydrogens (tertiary/aromatic N) is 2. The summed E-state index contributed by atoms with van der Waals surface area (Å²) < 4.78 is 26.6. The number of nitrogens with one attached hydrogen (secondary N) is 1. The molecular formula is C20H22ClN3O3S. The van der Waals surface area contributed by atoms with Crippen LogP contribution in [-0.4, -0.2) is 37.4 Å². The molecule has 1 amide bonds. The number of carbonyl (C=O) groups excluding carboxylic acids is 1. The number of hydrazone groups is 1. The topological polar surface area (TPSA) is 78.8 Å². The fourth-order valence-electron chi connectivity index (χ4n) is 3.03. The van der Waals surface area contributed by atoms with Crippen molar-refractivity contribution >= 4 is 33.2 Å². The van der Waals surface area contributed by atoms with Crippen LogP contribution in [0.2, 0.25) is 5.02 Å². The van der Waals surface area contributed by atoms with E-state index in [1.807, 2.05) is 19.1 Å². The lowest BCUT2D eigenvalue weighted by Crippen LogP contribution is -2.28. The largest absolute Gasteiger partial charge is 0.271 e. The summed E-state index contributed by atoms with van der Waals surface area (Å²) in [5.41, 5.74) is 4.47. The Kier molecular flexibility index (Phi) is 6.49. The number of carbonyl (C=O) groups is 1. The van der Waals surface area contributed by atoms with E-state index in [1.54, 1.807) is 12.1 Å². The van der Waals surface area contributed by atoms with Crippen molar-refractivity contribution in [3.05, 3.63) is 64.7 Å². The van der Waals surface area contributed by atoms with Gasteiger partial charge in [-0.3, -0.25) is 4.79 Å². The van der Waals surface area contributed by atoms with Crippen molar-refractivity contribution in [2.45, 2.75) is 31.1 Å². The first-order valence-electron chi connectivity index (χ1n) is 9.15. The maximum atomic E-state index is 12.5. The number of hydrogen-bond donors (Lipinski definition) is 1. The third-order valence-corrected chi connectivity index (χ3v) is 6.79. The van der Waals surface area contributed by atoms with Gasteiger partial charge >= 0.3 is 0 Å². The average Bonchev–Trinajstić information content (AvgIpc) is 3.25. The second-order valence-electron chi connectivity index (χ2n) is 6.50. The van der Waals surface area contributed by atoms with Crippen LogP contribution in [0.15, 0.2) is 58.5 Å². The highest BCUT2D eigenvalue weighted by Crippen LogP contribution is 2.21. The Morgan fingerprint density at radius 1 is 1.04 bits per heavy atom. The molecule has 0 radical (unpaired) electrons. The van der Waals surface area contributed by atoms with Gasteiger partial charge in [-0.25, -0.2) is 13.8 Å². The van der Waals surface area contributed by atoms with Gasteiger partial charge in [0.25, 0.3) is 5.91 Å². The quantitative estimate of drug-likeness (QED) is 0.573. The van der Waals surface area contributed by atoms with Gasteiger partial charge in [-0.1, -0.05) is 30.7 Å². The lowest BCUT2D eigenvalue weighted by molar-refractivity contribution is 0.0954. The zero-order valence-corrected chi connectivity index (χ0v) is 17.1. The molecule has 1 heterocycles. The summed E-state index contributed by atoms with van der Waals surface area (Å²) in [6.07, 6.45) is 2.39. The lowest BCUT2D eigenvalue weighted by Gasteiger charge is -2.15. The average molecular weight is 420 g/mol. The summed E-state index contributed by atoms with van der Waals surface area (Å²) in [5.74, 6) is -0.398. The molecule has 148 valence electrons. The number of halogens is 1. The predicted octanol–water partition coefficient (Wildman–Crippen LogP) is 3.67. The van der Waals surface area contributed by atoms with Crippen LogP contribution in [0.4, 0.5) is 0 Å². The highest BCUT2D eigenvalue weighted by Gasteiger charge is 2.27. The summed E-state index contributed by atoms with van der Waals surface area (Å²) in [6, 6.07) is 13.2. The number of rotatable bonds is 6. The van der Waals surface area contributed by atoms with E-state index in [1.165, 1.54) is 28.6 Å². The van der Waals surface area contributed by atoms with E-state index in [4.69, 9.17) is 11.6 Å². The molecule has 28 heavy (non-hydrogen) atoms. The van der Waals surface area contributed by atoms with Crippen molar-refractivity contribution in [1.29, 1.82) is 0 Å². The Bertz CT molecular complexity index is 965. The van der Waals surface area contributed by atoms with Crippen LogP contribution in [0.3, 0.4) is 0 Å². The molecule has 0 atom stereocenters. The van der Waals surface area contributed by atoms with E-state index in [-0.39, 0.29) is 4.90 Å². The Morgan fingerprint density at radius 2 is 1.61 bits per heavy atom. The fraction of sp³-hybridized carbons (Fsp3) is 0.300. The van der Waals surface area contributed by atoms with Crippen molar-refractivity contribution in [3.63, 3.8) is 0 Å². The molecule has 8 heteroatoms. The summed E-state index contributed by atoms with van der Waals surface area (Å²) in [5, 5.41) is 4.83. The molecule has 0 saturated carbocycles. The molecule has 2 aromatic rings. The van der Waals surface area contributed by atoms with Gasteiger partial charge in [-0.05, 0) is 61.2 Å². The number of sulfonamides is 1. The normalized spacial score (nSPS) is 15.6. The maximum Gasteiger partial charge on any atom is 0.271 e. The highest BCUT2D eigenvalue weighted by atomic mass is 35.5. The minimum atomic E-state index is -3.49. The maximum absolute atomic E-state index is 12.5. The Hall–Kier alpha value is -2.22. The third kappa shape index (κ3) is 4.60. The Balaban J connectivity index is 1.71. The van der Waals surface area contributed by atoms with E-state index in [2.05, 4.69) is 10.5 Å². The van der Waals surface area contributed by atoms with Crippen LogP contribution in [-0.2, 0) is 10.0 Å². The number of hydrogen-bond acceptors (Lipinski definition) is 4. The number of amides is 1. The van der Waals surface area contributed by atoms with Gasteiger partial charge in [0.05, 0.1) is 10.6 Å². The second-order valence-corrected chi connectivity index (χ2v) is 8.87. The molecule has 0 unspecified atom stereocenters. The molecule has 0 aromatic heterocycles. The molecule has 1 N–H and O–H groups in total. The van der Waals surface area contributed by atoms with E-state index >= 15 is 0 Å². The van der Waals surface area contributed by atoms with Crippen LogP contribution >= 0.6 is 11.6 Å². The van der Waals surface area contributed by atoms with Gasteiger partial charge in [-0.15, -0.1) is 0 Å². The zero-order chi connectivity index (χ0) is 20.1. The van der Waals surface area contributed by atoms with Crippen molar-refractivity contribution in [2.75, 3.05) is 13.1 Å². The van der Waals surface area contributed by atoms with E-state index in [0.29, 0.717) is 30.1 Å². The zero-order valence-electron chi connectivity index (χ0n) is 15.6. The first kappa shape index (κ1) is 20.5. The summed E-state index contributed by atoms with van der Waals surface area (Å²) >= 11 is 5.90. The minimum absolute atomic E-state index is 0.199. The monoisotopic (exact) mass is 419 g/mol. The molecule has 3 rings (SSSR count). The summed E-state index contributed by atoms with van der Waals surface area (Å²) in [4.78, 5) is 12.6. The van der Waals surface area contributed by atoms with Crippen molar-refractivity contribution in [2.24, 2.45) is 5.10 Å².